The Hall–Kier alpha value is -3.38. The Bertz CT molecular complexity index is 1490. The van der Waals surface area contributed by atoms with E-state index in [1.54, 1.807) is 0 Å². The minimum Gasteiger partial charge on any atom is -0.321 e. The first kappa shape index (κ1) is 22.8. The van der Waals surface area contributed by atoms with Crippen molar-refractivity contribution in [1.82, 2.24) is 18.4 Å². The Labute approximate surface area is 188 Å². The molecule has 12 heteroatoms. The topological polar surface area (TPSA) is 123 Å². The van der Waals surface area contributed by atoms with Crippen LogP contribution < -0.4 is 16.6 Å². The van der Waals surface area contributed by atoms with E-state index in [2.05, 4.69) is 10.3 Å². The molecule has 1 N–H and O–H groups in total. The maximum atomic E-state index is 14.4. The van der Waals surface area contributed by atoms with Gasteiger partial charge in [-0.15, -0.1) is 0 Å². The molecule has 0 radical (unpaired) electrons. The minimum atomic E-state index is -4.08. The molecule has 33 heavy (non-hydrogen) atoms. The highest BCUT2D eigenvalue weighted by atomic mass is 32.2. The van der Waals surface area contributed by atoms with Gasteiger partial charge in [0.1, 0.15) is 16.4 Å². The monoisotopic (exact) mass is 475 g/mol. The number of piperidine rings is 1. The van der Waals surface area contributed by atoms with Crippen LogP contribution in [0.2, 0.25) is 0 Å². The summed E-state index contributed by atoms with van der Waals surface area (Å²) >= 11 is 0. The van der Waals surface area contributed by atoms with Crippen molar-refractivity contribution in [1.29, 1.82) is 0 Å². The number of nitrogens with one attached hydrogen (secondary N) is 1. The lowest BCUT2D eigenvalue weighted by molar-refractivity contribution is 0.102. The second-order valence-corrected chi connectivity index (χ2v) is 9.77. The quantitative estimate of drug-likeness (QED) is 0.605. The van der Waals surface area contributed by atoms with Gasteiger partial charge in [-0.25, -0.2) is 22.6 Å². The fourth-order valence-electron chi connectivity index (χ4n) is 3.82. The van der Waals surface area contributed by atoms with Crippen LogP contribution in [0.15, 0.2) is 44.9 Å². The van der Waals surface area contributed by atoms with Crippen LogP contribution in [-0.4, -0.2) is 45.8 Å². The first-order valence-corrected chi connectivity index (χ1v) is 11.7. The second kappa shape index (κ2) is 8.52. The fourth-order valence-corrected chi connectivity index (χ4v) is 5.43. The van der Waals surface area contributed by atoms with Gasteiger partial charge >= 0.3 is 5.69 Å². The van der Waals surface area contributed by atoms with E-state index in [0.29, 0.717) is 25.9 Å². The van der Waals surface area contributed by atoms with Crippen molar-refractivity contribution >= 4 is 32.7 Å². The molecular formula is C21H22FN5O5S. The third-order valence-corrected chi connectivity index (χ3v) is 7.59. The number of hydrogen-bond donors (Lipinski definition) is 1. The Kier molecular flexibility index (Phi) is 5.89. The third kappa shape index (κ3) is 4.07. The van der Waals surface area contributed by atoms with Crippen molar-refractivity contribution in [3.8, 4) is 0 Å². The van der Waals surface area contributed by atoms with Crippen LogP contribution in [0.1, 0.15) is 29.6 Å². The number of halogens is 1. The van der Waals surface area contributed by atoms with Crippen LogP contribution in [0.3, 0.4) is 0 Å². The average molecular weight is 476 g/mol. The summed E-state index contributed by atoms with van der Waals surface area (Å²) in [5.74, 6) is -1.64. The third-order valence-electron chi connectivity index (χ3n) is 5.68. The van der Waals surface area contributed by atoms with Crippen molar-refractivity contribution < 1.29 is 17.6 Å². The van der Waals surface area contributed by atoms with Crippen LogP contribution in [-0.2, 0) is 24.1 Å². The highest BCUT2D eigenvalue weighted by molar-refractivity contribution is 7.89. The van der Waals surface area contributed by atoms with E-state index in [4.69, 9.17) is 0 Å². The van der Waals surface area contributed by atoms with Crippen molar-refractivity contribution in [3.63, 3.8) is 0 Å². The zero-order valence-corrected chi connectivity index (χ0v) is 18.9. The number of carbonyl (C=O) groups excluding carboxylic acids is 1. The van der Waals surface area contributed by atoms with Crippen LogP contribution in [0.4, 0.5) is 10.1 Å². The van der Waals surface area contributed by atoms with Gasteiger partial charge in [-0.1, -0.05) is 6.42 Å². The Balaban J connectivity index is 1.67. The summed E-state index contributed by atoms with van der Waals surface area (Å²) in [6.07, 6.45) is 3.57. The number of aryl methyl sites for hydroxylation is 1. The molecule has 0 atom stereocenters. The van der Waals surface area contributed by atoms with E-state index in [9.17, 15) is 27.2 Å². The van der Waals surface area contributed by atoms with Gasteiger partial charge in [0.2, 0.25) is 10.0 Å². The second-order valence-electron chi connectivity index (χ2n) is 7.86. The van der Waals surface area contributed by atoms with Gasteiger partial charge in [0, 0.05) is 32.7 Å². The summed E-state index contributed by atoms with van der Waals surface area (Å²) < 4.78 is 43.6. The van der Waals surface area contributed by atoms with Gasteiger partial charge in [0.15, 0.2) is 0 Å². The molecule has 1 aliphatic rings. The SMILES string of the molecule is Cn1c(=O)c2cc(NC(=O)c3ccc(F)c(S(=O)(=O)N4CCCCC4)c3)cnc2n(C)c1=O. The summed E-state index contributed by atoms with van der Waals surface area (Å²) in [7, 11) is -1.28. The van der Waals surface area contributed by atoms with Gasteiger partial charge in [-0.2, -0.15) is 4.31 Å². The van der Waals surface area contributed by atoms with Crippen molar-refractivity contribution in [3.05, 3.63) is 62.7 Å². The lowest BCUT2D eigenvalue weighted by Gasteiger charge is -2.26. The molecule has 1 amide bonds. The summed E-state index contributed by atoms with van der Waals surface area (Å²) in [5.41, 5.74) is -0.870. The molecule has 0 spiro atoms. The number of aromatic nitrogens is 3. The molecule has 0 aliphatic carbocycles. The van der Waals surface area contributed by atoms with E-state index < -0.39 is 37.9 Å². The number of carbonyl (C=O) groups is 1. The maximum Gasteiger partial charge on any atom is 0.332 e. The predicted molar refractivity (Wildman–Crippen MR) is 119 cm³/mol. The average Bonchev–Trinajstić information content (AvgIpc) is 2.82. The molecule has 2 aromatic heterocycles. The van der Waals surface area contributed by atoms with E-state index in [0.717, 1.165) is 23.1 Å². The highest BCUT2D eigenvalue weighted by Gasteiger charge is 2.29. The van der Waals surface area contributed by atoms with E-state index >= 15 is 0 Å². The standard InChI is InChI=1S/C21H22FN5O5S/c1-25-18-15(20(29)26(2)21(25)30)11-14(12-23-18)24-19(28)13-6-7-16(22)17(10-13)33(31,32)27-8-4-3-5-9-27/h6-7,10-12H,3-5,8-9H2,1-2H3,(H,24,28). The number of pyridine rings is 1. The summed E-state index contributed by atoms with van der Waals surface area (Å²) in [5, 5.41) is 2.66. The molecule has 1 saturated heterocycles. The lowest BCUT2D eigenvalue weighted by Crippen LogP contribution is -2.37. The molecule has 0 bridgehead atoms. The first-order valence-electron chi connectivity index (χ1n) is 10.3. The van der Waals surface area contributed by atoms with E-state index in [1.165, 1.54) is 41.3 Å². The summed E-state index contributed by atoms with van der Waals surface area (Å²) in [4.78, 5) is 40.8. The number of sulfonamides is 1. The number of amides is 1. The summed E-state index contributed by atoms with van der Waals surface area (Å²) in [6, 6.07) is 4.50. The van der Waals surface area contributed by atoms with Crippen molar-refractivity contribution in [2.24, 2.45) is 14.1 Å². The van der Waals surface area contributed by atoms with Crippen LogP contribution >= 0.6 is 0 Å². The van der Waals surface area contributed by atoms with Crippen LogP contribution in [0, 0.1) is 5.82 Å². The van der Waals surface area contributed by atoms with Gasteiger partial charge in [-0.3, -0.25) is 18.7 Å². The molecule has 3 heterocycles. The van der Waals surface area contributed by atoms with Crippen molar-refractivity contribution in [2.45, 2.75) is 24.2 Å². The number of benzene rings is 1. The fraction of sp³-hybridized carbons (Fsp3) is 0.333. The van der Waals surface area contributed by atoms with E-state index in [1.807, 2.05) is 0 Å². The molecule has 1 fully saturated rings. The zero-order valence-electron chi connectivity index (χ0n) is 18.0. The van der Waals surface area contributed by atoms with Crippen LogP contribution in [0.25, 0.3) is 11.0 Å². The highest BCUT2D eigenvalue weighted by Crippen LogP contribution is 2.24. The van der Waals surface area contributed by atoms with Gasteiger partial charge in [0.25, 0.3) is 11.5 Å². The molecular weight excluding hydrogens is 453 g/mol. The molecule has 1 aliphatic heterocycles. The smallest absolute Gasteiger partial charge is 0.321 e. The Morgan fingerprint density at radius 3 is 2.45 bits per heavy atom. The van der Waals surface area contributed by atoms with E-state index in [-0.39, 0.29) is 22.3 Å². The molecule has 1 aromatic carbocycles. The molecule has 10 nitrogen and oxygen atoms in total. The number of rotatable bonds is 4. The zero-order chi connectivity index (χ0) is 23.9. The minimum absolute atomic E-state index is 0.0690. The Morgan fingerprint density at radius 2 is 1.76 bits per heavy atom. The number of nitrogens with zero attached hydrogens (tertiary/aromatic N) is 4. The number of fused-ring (bicyclic) bond motifs is 1. The normalized spacial score (nSPS) is 15.0. The first-order chi connectivity index (χ1) is 15.6. The number of hydrogen-bond acceptors (Lipinski definition) is 6. The summed E-state index contributed by atoms with van der Waals surface area (Å²) in [6.45, 7) is 0.608. The Morgan fingerprint density at radius 1 is 1.06 bits per heavy atom. The molecule has 174 valence electrons. The predicted octanol–water partition coefficient (Wildman–Crippen LogP) is 1.20. The maximum absolute atomic E-state index is 14.4. The molecule has 4 rings (SSSR count). The van der Waals surface area contributed by atoms with Gasteiger partial charge < -0.3 is 5.32 Å². The largest absolute Gasteiger partial charge is 0.332 e. The van der Waals surface area contributed by atoms with Gasteiger partial charge in [0.05, 0.1) is 17.3 Å². The lowest BCUT2D eigenvalue weighted by atomic mass is 10.2. The molecule has 3 aromatic rings. The van der Waals surface area contributed by atoms with Crippen molar-refractivity contribution in [2.75, 3.05) is 18.4 Å². The molecule has 0 unspecified atom stereocenters. The number of anilines is 1. The molecule has 0 saturated carbocycles. The van der Waals surface area contributed by atoms with Gasteiger partial charge in [-0.05, 0) is 37.1 Å². The van der Waals surface area contributed by atoms with Crippen LogP contribution in [0.5, 0.6) is 0 Å².